The Morgan fingerprint density at radius 2 is 1.65 bits per heavy atom. The minimum absolute atomic E-state index is 0.0240. The highest BCUT2D eigenvalue weighted by Gasteiger charge is 2.26. The Bertz CT molecular complexity index is 359. The van der Waals surface area contributed by atoms with Gasteiger partial charge in [-0.2, -0.15) is 13.2 Å². The zero-order valence-electron chi connectivity index (χ0n) is 8.77. The van der Waals surface area contributed by atoms with Crippen molar-refractivity contribution < 1.29 is 18.3 Å². The number of benzene rings is 1. The molecular formula is C11H11Cl2F3O. The lowest BCUT2D eigenvalue weighted by Gasteiger charge is -2.12. The molecule has 0 heterocycles. The summed E-state index contributed by atoms with van der Waals surface area (Å²) < 4.78 is 35.7. The topological polar surface area (TPSA) is 20.2 Å². The number of hydrogen-bond acceptors (Lipinski definition) is 1. The van der Waals surface area contributed by atoms with Crippen LogP contribution in [-0.2, 0) is 0 Å². The molecule has 0 spiro atoms. The summed E-state index contributed by atoms with van der Waals surface area (Å²) in [6.45, 7) is 0. The Labute approximate surface area is 107 Å². The number of alkyl halides is 3. The first kappa shape index (κ1) is 14.6. The van der Waals surface area contributed by atoms with E-state index in [-0.39, 0.29) is 12.8 Å². The third kappa shape index (κ3) is 5.61. The molecule has 17 heavy (non-hydrogen) atoms. The fourth-order valence-electron chi connectivity index (χ4n) is 1.43. The van der Waals surface area contributed by atoms with Crippen molar-refractivity contribution in [3.63, 3.8) is 0 Å². The molecule has 1 aromatic carbocycles. The summed E-state index contributed by atoms with van der Waals surface area (Å²) in [5.74, 6) is 0. The maximum absolute atomic E-state index is 11.9. The van der Waals surface area contributed by atoms with Crippen LogP contribution in [0.15, 0.2) is 18.2 Å². The van der Waals surface area contributed by atoms with Crippen molar-refractivity contribution in [3.05, 3.63) is 33.8 Å². The molecule has 0 aliphatic heterocycles. The molecule has 0 radical (unpaired) electrons. The summed E-state index contributed by atoms with van der Waals surface area (Å²) >= 11 is 11.5. The molecule has 96 valence electrons. The van der Waals surface area contributed by atoms with Crippen LogP contribution in [0, 0.1) is 0 Å². The van der Waals surface area contributed by atoms with Gasteiger partial charge in [0.2, 0.25) is 0 Å². The van der Waals surface area contributed by atoms with E-state index in [0.717, 1.165) is 0 Å². The predicted molar refractivity (Wildman–Crippen MR) is 61.3 cm³/mol. The van der Waals surface area contributed by atoms with Crippen molar-refractivity contribution in [1.82, 2.24) is 0 Å². The molecule has 1 N–H and O–H groups in total. The summed E-state index contributed by atoms with van der Waals surface area (Å²) in [7, 11) is 0. The van der Waals surface area contributed by atoms with Crippen LogP contribution >= 0.6 is 23.2 Å². The molecular weight excluding hydrogens is 276 g/mol. The standard InChI is InChI=1S/C11H11Cl2F3O/c12-8-4-7(5-9(13)6-8)10(17)2-1-3-11(14,15)16/h4-6,10,17H,1-3H2. The number of halogens is 5. The largest absolute Gasteiger partial charge is 0.389 e. The molecule has 0 aliphatic rings. The lowest BCUT2D eigenvalue weighted by atomic mass is 10.0. The molecule has 1 atom stereocenters. The van der Waals surface area contributed by atoms with Crippen molar-refractivity contribution in [1.29, 1.82) is 0 Å². The van der Waals surface area contributed by atoms with E-state index in [1.807, 2.05) is 0 Å². The maximum Gasteiger partial charge on any atom is 0.389 e. The average molecular weight is 287 g/mol. The second kappa shape index (κ2) is 5.94. The van der Waals surface area contributed by atoms with Crippen molar-refractivity contribution >= 4 is 23.2 Å². The van der Waals surface area contributed by atoms with E-state index in [1.54, 1.807) is 0 Å². The van der Waals surface area contributed by atoms with Crippen molar-refractivity contribution in [2.24, 2.45) is 0 Å². The summed E-state index contributed by atoms with van der Waals surface area (Å²) in [6.07, 6.45) is -6.18. The first-order valence-electron chi connectivity index (χ1n) is 4.99. The van der Waals surface area contributed by atoms with Gasteiger partial charge in [0.25, 0.3) is 0 Å². The number of rotatable bonds is 4. The van der Waals surface area contributed by atoms with Gasteiger partial charge in [-0.05, 0) is 36.6 Å². The Morgan fingerprint density at radius 3 is 2.12 bits per heavy atom. The summed E-state index contributed by atoms with van der Waals surface area (Å²) in [4.78, 5) is 0. The van der Waals surface area contributed by atoms with E-state index in [0.29, 0.717) is 15.6 Å². The second-order valence-electron chi connectivity index (χ2n) is 3.73. The van der Waals surface area contributed by atoms with E-state index < -0.39 is 18.7 Å². The first-order chi connectivity index (χ1) is 7.78. The van der Waals surface area contributed by atoms with Crippen LogP contribution in [0.2, 0.25) is 10.0 Å². The van der Waals surface area contributed by atoms with Crippen LogP contribution < -0.4 is 0 Å². The average Bonchev–Trinajstić information content (AvgIpc) is 2.13. The molecule has 1 aromatic rings. The van der Waals surface area contributed by atoms with Gasteiger partial charge >= 0.3 is 6.18 Å². The summed E-state index contributed by atoms with van der Waals surface area (Å²) in [5, 5.41) is 10.4. The summed E-state index contributed by atoms with van der Waals surface area (Å²) in [5.41, 5.74) is 0.435. The first-order valence-corrected chi connectivity index (χ1v) is 5.74. The van der Waals surface area contributed by atoms with Crippen LogP contribution in [0.5, 0.6) is 0 Å². The van der Waals surface area contributed by atoms with E-state index in [9.17, 15) is 18.3 Å². The maximum atomic E-state index is 11.9. The molecule has 0 amide bonds. The molecule has 0 aliphatic carbocycles. The minimum atomic E-state index is -4.19. The molecule has 0 aromatic heterocycles. The van der Waals surface area contributed by atoms with Crippen LogP contribution in [0.1, 0.15) is 30.9 Å². The highest BCUT2D eigenvalue weighted by atomic mass is 35.5. The molecule has 0 saturated carbocycles. The molecule has 1 unspecified atom stereocenters. The van der Waals surface area contributed by atoms with Crippen LogP contribution in [0.25, 0.3) is 0 Å². The molecule has 0 bridgehead atoms. The zero-order valence-corrected chi connectivity index (χ0v) is 10.3. The highest BCUT2D eigenvalue weighted by molar-refractivity contribution is 6.34. The van der Waals surface area contributed by atoms with Gasteiger partial charge in [-0.1, -0.05) is 23.2 Å². The quantitative estimate of drug-likeness (QED) is 0.846. The minimum Gasteiger partial charge on any atom is -0.388 e. The van der Waals surface area contributed by atoms with Crippen LogP contribution in [0.4, 0.5) is 13.2 Å². The number of aliphatic hydroxyl groups is 1. The molecule has 1 rings (SSSR count). The van der Waals surface area contributed by atoms with E-state index in [2.05, 4.69) is 0 Å². The Kier molecular flexibility index (Phi) is 5.10. The lowest BCUT2D eigenvalue weighted by molar-refractivity contribution is -0.136. The highest BCUT2D eigenvalue weighted by Crippen LogP contribution is 2.29. The van der Waals surface area contributed by atoms with E-state index >= 15 is 0 Å². The van der Waals surface area contributed by atoms with Crippen LogP contribution in [-0.4, -0.2) is 11.3 Å². The SMILES string of the molecule is OC(CCCC(F)(F)F)c1cc(Cl)cc(Cl)c1. The third-order valence-electron chi connectivity index (χ3n) is 2.21. The Balaban J connectivity index is 2.55. The van der Waals surface area contributed by atoms with Gasteiger partial charge in [0.05, 0.1) is 6.10 Å². The van der Waals surface area contributed by atoms with Crippen molar-refractivity contribution in [3.8, 4) is 0 Å². The zero-order chi connectivity index (χ0) is 13.1. The fraction of sp³-hybridized carbons (Fsp3) is 0.455. The smallest absolute Gasteiger partial charge is 0.388 e. The fourth-order valence-corrected chi connectivity index (χ4v) is 1.97. The predicted octanol–water partition coefficient (Wildman–Crippen LogP) is 4.76. The number of hydrogen-bond donors (Lipinski definition) is 1. The normalized spacial score (nSPS) is 13.8. The molecule has 1 nitrogen and oxygen atoms in total. The summed E-state index contributed by atoms with van der Waals surface area (Å²) in [6, 6.07) is 4.48. The molecule has 0 fully saturated rings. The number of aliphatic hydroxyl groups excluding tert-OH is 1. The van der Waals surface area contributed by atoms with Gasteiger partial charge in [0, 0.05) is 16.5 Å². The monoisotopic (exact) mass is 286 g/mol. The van der Waals surface area contributed by atoms with Gasteiger partial charge < -0.3 is 5.11 Å². The third-order valence-corrected chi connectivity index (χ3v) is 2.64. The Hall–Kier alpha value is -0.450. The van der Waals surface area contributed by atoms with Gasteiger partial charge in [-0.15, -0.1) is 0 Å². The second-order valence-corrected chi connectivity index (χ2v) is 4.60. The van der Waals surface area contributed by atoms with Gasteiger partial charge in [0.15, 0.2) is 0 Å². The van der Waals surface area contributed by atoms with Crippen LogP contribution in [0.3, 0.4) is 0 Å². The molecule has 0 saturated heterocycles. The van der Waals surface area contributed by atoms with Crippen molar-refractivity contribution in [2.75, 3.05) is 0 Å². The van der Waals surface area contributed by atoms with Crippen molar-refractivity contribution in [2.45, 2.75) is 31.5 Å². The molecule has 6 heteroatoms. The van der Waals surface area contributed by atoms with Gasteiger partial charge in [-0.25, -0.2) is 0 Å². The Morgan fingerprint density at radius 1 is 1.12 bits per heavy atom. The van der Waals surface area contributed by atoms with Gasteiger partial charge in [0.1, 0.15) is 0 Å². The lowest BCUT2D eigenvalue weighted by Crippen LogP contribution is -2.08. The van der Waals surface area contributed by atoms with Gasteiger partial charge in [-0.3, -0.25) is 0 Å². The van der Waals surface area contributed by atoms with E-state index in [4.69, 9.17) is 23.2 Å². The van der Waals surface area contributed by atoms with E-state index in [1.165, 1.54) is 18.2 Å².